The van der Waals surface area contributed by atoms with Crippen molar-refractivity contribution in [2.75, 3.05) is 33.2 Å². The third-order valence-corrected chi connectivity index (χ3v) is 4.93. The minimum Gasteiger partial charge on any atom is -0.372 e. The highest BCUT2D eigenvalue weighted by atomic mass is 16.5. The molecule has 2 unspecified atom stereocenters. The maximum absolute atomic E-state index is 6.20. The Balaban J connectivity index is 1.58. The highest BCUT2D eigenvalue weighted by Crippen LogP contribution is 2.25. The molecule has 1 aliphatic heterocycles. The van der Waals surface area contributed by atoms with Crippen LogP contribution < -0.4 is 5.32 Å². The fourth-order valence-electron chi connectivity index (χ4n) is 3.83. The summed E-state index contributed by atoms with van der Waals surface area (Å²) < 4.78 is 6.20. The summed E-state index contributed by atoms with van der Waals surface area (Å²) in [5, 5.41) is 3.53. The smallest absolute Gasteiger partial charge is 0.0707 e. The number of rotatable bonds is 8. The summed E-state index contributed by atoms with van der Waals surface area (Å²) in [6, 6.07) is 0. The van der Waals surface area contributed by atoms with Crippen LogP contribution in [-0.2, 0) is 4.74 Å². The number of hydrogen-bond acceptors (Lipinski definition) is 3. The molecule has 0 bridgehead atoms. The summed E-state index contributed by atoms with van der Waals surface area (Å²) in [6.07, 6.45) is 10.6. The zero-order chi connectivity index (χ0) is 15.1. The molecule has 0 radical (unpaired) electrons. The van der Waals surface area contributed by atoms with Crippen LogP contribution >= 0.6 is 0 Å². The van der Waals surface area contributed by atoms with Crippen LogP contribution in [0, 0.1) is 11.8 Å². The van der Waals surface area contributed by atoms with Gasteiger partial charge in [-0.2, -0.15) is 0 Å². The molecule has 2 aliphatic rings. The number of hydrogen-bond donors (Lipinski definition) is 1. The molecule has 0 amide bonds. The topological polar surface area (TPSA) is 24.5 Å². The van der Waals surface area contributed by atoms with Gasteiger partial charge in [-0.25, -0.2) is 0 Å². The summed E-state index contributed by atoms with van der Waals surface area (Å²) in [4.78, 5) is 2.52. The molecule has 2 fully saturated rings. The minimum atomic E-state index is 0.442. The van der Waals surface area contributed by atoms with Crippen LogP contribution in [0.3, 0.4) is 0 Å². The van der Waals surface area contributed by atoms with Crippen molar-refractivity contribution in [1.82, 2.24) is 10.2 Å². The first-order chi connectivity index (χ1) is 10.1. The Kier molecular flexibility index (Phi) is 7.48. The molecule has 1 heterocycles. The van der Waals surface area contributed by atoms with Gasteiger partial charge in [-0.15, -0.1) is 0 Å². The summed E-state index contributed by atoms with van der Waals surface area (Å²) in [5.74, 6) is 1.66. The molecule has 3 heteroatoms. The van der Waals surface area contributed by atoms with Crippen molar-refractivity contribution in [2.24, 2.45) is 11.8 Å². The molecule has 1 saturated carbocycles. The number of nitrogens with one attached hydrogen (secondary N) is 1. The molecule has 2 rings (SSSR count). The van der Waals surface area contributed by atoms with Crippen molar-refractivity contribution in [3.63, 3.8) is 0 Å². The van der Waals surface area contributed by atoms with Gasteiger partial charge >= 0.3 is 0 Å². The van der Waals surface area contributed by atoms with Crippen molar-refractivity contribution >= 4 is 0 Å². The highest BCUT2D eigenvalue weighted by molar-refractivity contribution is 4.78. The normalized spacial score (nSPS) is 27.9. The van der Waals surface area contributed by atoms with Gasteiger partial charge in [0.25, 0.3) is 0 Å². The first-order valence-electron chi connectivity index (χ1n) is 9.18. The first-order valence-corrected chi connectivity index (χ1v) is 9.18. The van der Waals surface area contributed by atoms with Crippen LogP contribution in [0.25, 0.3) is 0 Å². The Hall–Kier alpha value is -0.120. The van der Waals surface area contributed by atoms with Crippen LogP contribution in [0.2, 0.25) is 0 Å². The summed E-state index contributed by atoms with van der Waals surface area (Å²) in [7, 11) is 2.28. The van der Waals surface area contributed by atoms with Crippen LogP contribution in [0.4, 0.5) is 0 Å². The number of likely N-dealkylation sites (N-methyl/N-ethyl adjacent to an activating group) is 1. The molecule has 21 heavy (non-hydrogen) atoms. The van der Waals surface area contributed by atoms with Gasteiger partial charge in [-0.3, -0.25) is 0 Å². The molecule has 3 nitrogen and oxygen atoms in total. The highest BCUT2D eigenvalue weighted by Gasteiger charge is 2.26. The van der Waals surface area contributed by atoms with Gasteiger partial charge in [-0.1, -0.05) is 33.1 Å². The van der Waals surface area contributed by atoms with E-state index in [0.29, 0.717) is 12.2 Å². The van der Waals surface area contributed by atoms with E-state index in [4.69, 9.17) is 4.74 Å². The Morgan fingerprint density at radius 3 is 2.43 bits per heavy atom. The molecule has 1 aliphatic carbocycles. The van der Waals surface area contributed by atoms with E-state index in [2.05, 4.69) is 31.1 Å². The number of nitrogens with zero attached hydrogens (tertiary/aromatic N) is 1. The van der Waals surface area contributed by atoms with Crippen molar-refractivity contribution in [2.45, 2.75) is 71.0 Å². The zero-order valence-corrected chi connectivity index (χ0v) is 14.4. The number of ether oxygens (including phenoxy) is 1. The molecule has 0 aromatic carbocycles. The molecular formula is C18H36N2O. The predicted molar refractivity (Wildman–Crippen MR) is 89.7 cm³/mol. The van der Waals surface area contributed by atoms with Gasteiger partial charge in [-0.05, 0) is 51.1 Å². The van der Waals surface area contributed by atoms with E-state index in [-0.39, 0.29) is 0 Å². The molecule has 124 valence electrons. The van der Waals surface area contributed by atoms with Gasteiger partial charge in [0, 0.05) is 19.6 Å². The van der Waals surface area contributed by atoms with Crippen molar-refractivity contribution in [3.8, 4) is 0 Å². The van der Waals surface area contributed by atoms with Crippen LogP contribution in [0.5, 0.6) is 0 Å². The fraction of sp³-hybridized carbons (Fsp3) is 1.00. The lowest BCUT2D eigenvalue weighted by Crippen LogP contribution is -2.35. The molecular weight excluding hydrogens is 260 g/mol. The second-order valence-electron chi connectivity index (χ2n) is 7.73. The summed E-state index contributed by atoms with van der Waals surface area (Å²) in [5.41, 5.74) is 0. The predicted octanol–water partition coefficient (Wildman–Crippen LogP) is 3.29. The maximum Gasteiger partial charge on any atom is 0.0707 e. The molecule has 1 saturated heterocycles. The van der Waals surface area contributed by atoms with Gasteiger partial charge in [0.1, 0.15) is 0 Å². The summed E-state index contributed by atoms with van der Waals surface area (Å²) >= 11 is 0. The Morgan fingerprint density at radius 2 is 1.71 bits per heavy atom. The molecule has 2 atom stereocenters. The SMILES string of the molecule is CC(C)CNCC1CCC(CN(C)CC2CCCCC2)O1. The second-order valence-corrected chi connectivity index (χ2v) is 7.73. The van der Waals surface area contributed by atoms with E-state index in [9.17, 15) is 0 Å². The van der Waals surface area contributed by atoms with Gasteiger partial charge < -0.3 is 15.0 Å². The lowest BCUT2D eigenvalue weighted by molar-refractivity contribution is 0.0244. The Labute approximate surface area is 131 Å². The van der Waals surface area contributed by atoms with Crippen molar-refractivity contribution in [3.05, 3.63) is 0 Å². The molecule has 1 N–H and O–H groups in total. The Morgan fingerprint density at radius 1 is 1.00 bits per heavy atom. The minimum absolute atomic E-state index is 0.442. The Bertz CT molecular complexity index is 276. The molecule has 0 aromatic heterocycles. The average Bonchev–Trinajstić information content (AvgIpc) is 2.86. The average molecular weight is 296 g/mol. The molecule has 0 spiro atoms. The van der Waals surface area contributed by atoms with E-state index < -0.39 is 0 Å². The van der Waals surface area contributed by atoms with E-state index in [1.165, 1.54) is 51.5 Å². The fourth-order valence-corrected chi connectivity index (χ4v) is 3.83. The summed E-state index contributed by atoms with van der Waals surface area (Å²) in [6.45, 7) is 9.04. The lowest BCUT2D eigenvalue weighted by Gasteiger charge is -2.28. The third kappa shape index (κ3) is 6.66. The van der Waals surface area contributed by atoms with Crippen LogP contribution in [0.1, 0.15) is 58.8 Å². The van der Waals surface area contributed by atoms with Crippen LogP contribution in [0.15, 0.2) is 0 Å². The van der Waals surface area contributed by atoms with Crippen molar-refractivity contribution < 1.29 is 4.74 Å². The maximum atomic E-state index is 6.20. The zero-order valence-electron chi connectivity index (χ0n) is 14.4. The monoisotopic (exact) mass is 296 g/mol. The van der Waals surface area contributed by atoms with E-state index >= 15 is 0 Å². The standard InChI is InChI=1S/C18H36N2O/c1-15(2)11-19-12-17-9-10-18(21-17)14-20(3)13-16-7-5-4-6-8-16/h15-19H,4-14H2,1-3H3. The van der Waals surface area contributed by atoms with Crippen LogP contribution in [-0.4, -0.2) is 50.3 Å². The first kappa shape index (κ1) is 17.2. The van der Waals surface area contributed by atoms with E-state index in [1.54, 1.807) is 0 Å². The van der Waals surface area contributed by atoms with E-state index in [0.717, 1.165) is 31.5 Å². The third-order valence-electron chi connectivity index (χ3n) is 4.93. The second kappa shape index (κ2) is 9.12. The van der Waals surface area contributed by atoms with Gasteiger partial charge in [0.2, 0.25) is 0 Å². The lowest BCUT2D eigenvalue weighted by atomic mass is 9.89. The van der Waals surface area contributed by atoms with Gasteiger partial charge in [0.15, 0.2) is 0 Å². The largest absolute Gasteiger partial charge is 0.372 e. The van der Waals surface area contributed by atoms with Gasteiger partial charge in [0.05, 0.1) is 12.2 Å². The quantitative estimate of drug-likeness (QED) is 0.744. The van der Waals surface area contributed by atoms with Crippen molar-refractivity contribution in [1.29, 1.82) is 0 Å². The molecule has 0 aromatic rings. The van der Waals surface area contributed by atoms with E-state index in [1.807, 2.05) is 0 Å².